The molecule has 3 rings (SSSR count). The van der Waals surface area contributed by atoms with Crippen molar-refractivity contribution in [2.75, 3.05) is 7.05 Å². The second-order valence-electron chi connectivity index (χ2n) is 5.14. The molecule has 0 aliphatic rings. The number of amides is 1. The van der Waals surface area contributed by atoms with Crippen LogP contribution in [0.1, 0.15) is 16.1 Å². The number of hydrogen-bond donors (Lipinski definition) is 1. The van der Waals surface area contributed by atoms with Crippen molar-refractivity contribution in [3.05, 3.63) is 74.1 Å². The Morgan fingerprint density at radius 2 is 1.71 bits per heavy atom. The van der Waals surface area contributed by atoms with Crippen molar-refractivity contribution in [2.45, 2.75) is 6.54 Å². The molecule has 1 aromatic heterocycles. The molecule has 0 bridgehead atoms. The molecule has 0 atom stereocenters. The second-order valence-corrected chi connectivity index (χ2v) is 5.95. The molecule has 1 N–H and O–H groups in total. The SMILES string of the molecule is CNC(=O)c1nn(Cc2c(Cl)cccc2Cl)c(=O)c2ccccc12. The van der Waals surface area contributed by atoms with Gasteiger partial charge >= 0.3 is 0 Å². The van der Waals surface area contributed by atoms with E-state index < -0.39 is 0 Å². The fourth-order valence-electron chi connectivity index (χ4n) is 2.46. The van der Waals surface area contributed by atoms with Gasteiger partial charge in [-0.15, -0.1) is 0 Å². The van der Waals surface area contributed by atoms with Crippen LogP contribution in [0.2, 0.25) is 10.0 Å². The molecule has 0 radical (unpaired) electrons. The lowest BCUT2D eigenvalue weighted by molar-refractivity contribution is 0.0957. The Morgan fingerprint density at radius 1 is 1.08 bits per heavy atom. The largest absolute Gasteiger partial charge is 0.354 e. The molecule has 5 nitrogen and oxygen atoms in total. The lowest BCUT2D eigenvalue weighted by Gasteiger charge is -2.12. The van der Waals surface area contributed by atoms with Crippen LogP contribution in [0.5, 0.6) is 0 Å². The van der Waals surface area contributed by atoms with E-state index in [2.05, 4.69) is 10.4 Å². The quantitative estimate of drug-likeness (QED) is 0.779. The highest BCUT2D eigenvalue weighted by atomic mass is 35.5. The molecule has 0 unspecified atom stereocenters. The van der Waals surface area contributed by atoms with Crippen LogP contribution in [0, 0.1) is 0 Å². The molecule has 7 heteroatoms. The first kappa shape index (κ1) is 16.5. The molecule has 24 heavy (non-hydrogen) atoms. The van der Waals surface area contributed by atoms with E-state index >= 15 is 0 Å². The molecule has 3 aromatic rings. The first-order valence-electron chi connectivity index (χ1n) is 7.17. The summed E-state index contributed by atoms with van der Waals surface area (Å²) in [6.45, 7) is 0.0756. The summed E-state index contributed by atoms with van der Waals surface area (Å²) >= 11 is 12.3. The van der Waals surface area contributed by atoms with Crippen molar-refractivity contribution in [3.8, 4) is 0 Å². The lowest BCUT2D eigenvalue weighted by atomic mass is 10.1. The minimum atomic E-state index is -0.370. The van der Waals surface area contributed by atoms with Crippen molar-refractivity contribution in [1.82, 2.24) is 15.1 Å². The number of rotatable bonds is 3. The summed E-state index contributed by atoms with van der Waals surface area (Å²) < 4.78 is 1.21. The third-order valence-electron chi connectivity index (χ3n) is 3.68. The summed E-state index contributed by atoms with van der Waals surface area (Å²) in [6.07, 6.45) is 0. The zero-order chi connectivity index (χ0) is 17.3. The highest BCUT2D eigenvalue weighted by Crippen LogP contribution is 2.25. The van der Waals surface area contributed by atoms with Crippen LogP contribution in [0.4, 0.5) is 0 Å². The second kappa shape index (κ2) is 6.63. The van der Waals surface area contributed by atoms with Crippen LogP contribution in [-0.2, 0) is 6.54 Å². The van der Waals surface area contributed by atoms with Crippen molar-refractivity contribution in [3.63, 3.8) is 0 Å². The van der Waals surface area contributed by atoms with Gasteiger partial charge in [-0.3, -0.25) is 9.59 Å². The van der Waals surface area contributed by atoms with Crippen molar-refractivity contribution in [2.24, 2.45) is 0 Å². The predicted octanol–water partition coefficient (Wildman–Crippen LogP) is 3.11. The Hall–Kier alpha value is -2.37. The van der Waals surface area contributed by atoms with Gasteiger partial charge in [0, 0.05) is 28.0 Å². The van der Waals surface area contributed by atoms with Gasteiger partial charge in [0.25, 0.3) is 11.5 Å². The molecule has 0 saturated heterocycles. The summed E-state index contributed by atoms with van der Waals surface area (Å²) in [6, 6.07) is 12.0. The standard InChI is InChI=1S/C17H13Cl2N3O2/c1-20-16(23)15-10-5-2-3-6-11(10)17(24)22(21-15)9-12-13(18)7-4-8-14(12)19/h2-8H,9H2,1H3,(H,20,23). The number of hydrogen-bond acceptors (Lipinski definition) is 3. The molecule has 0 aliphatic heterocycles. The Bertz CT molecular complexity index is 979. The molecule has 0 spiro atoms. The highest BCUT2D eigenvalue weighted by molar-refractivity contribution is 6.36. The summed E-state index contributed by atoms with van der Waals surface area (Å²) in [4.78, 5) is 24.8. The van der Waals surface area contributed by atoms with Crippen LogP contribution in [-0.4, -0.2) is 22.7 Å². The Balaban J connectivity index is 2.24. The zero-order valence-electron chi connectivity index (χ0n) is 12.7. The molecule has 0 aliphatic carbocycles. The minimum absolute atomic E-state index is 0.0756. The van der Waals surface area contributed by atoms with Crippen molar-refractivity contribution in [1.29, 1.82) is 0 Å². The fraction of sp³-hybridized carbons (Fsp3) is 0.118. The van der Waals surface area contributed by atoms with Gasteiger partial charge in [-0.2, -0.15) is 5.10 Å². The number of nitrogens with one attached hydrogen (secondary N) is 1. The third-order valence-corrected chi connectivity index (χ3v) is 4.39. The van der Waals surface area contributed by atoms with Crippen LogP contribution in [0.3, 0.4) is 0 Å². The van der Waals surface area contributed by atoms with Gasteiger partial charge in [0.15, 0.2) is 5.69 Å². The van der Waals surface area contributed by atoms with E-state index in [1.54, 1.807) is 42.5 Å². The Kier molecular flexibility index (Phi) is 4.55. The molecule has 2 aromatic carbocycles. The van der Waals surface area contributed by atoms with Gasteiger partial charge in [0.1, 0.15) is 0 Å². The van der Waals surface area contributed by atoms with Crippen LogP contribution >= 0.6 is 23.2 Å². The van der Waals surface area contributed by atoms with E-state index in [0.29, 0.717) is 26.4 Å². The monoisotopic (exact) mass is 361 g/mol. The Morgan fingerprint density at radius 3 is 2.33 bits per heavy atom. The first-order valence-corrected chi connectivity index (χ1v) is 7.93. The van der Waals surface area contributed by atoms with E-state index in [1.165, 1.54) is 11.7 Å². The molecule has 0 fully saturated rings. The van der Waals surface area contributed by atoms with E-state index in [0.717, 1.165) is 0 Å². The number of carbonyl (C=O) groups excluding carboxylic acids is 1. The number of fused-ring (bicyclic) bond motifs is 1. The van der Waals surface area contributed by atoms with Gasteiger partial charge in [-0.25, -0.2) is 4.68 Å². The minimum Gasteiger partial charge on any atom is -0.354 e. The van der Waals surface area contributed by atoms with Crippen LogP contribution in [0.25, 0.3) is 10.8 Å². The topological polar surface area (TPSA) is 64.0 Å². The number of aromatic nitrogens is 2. The van der Waals surface area contributed by atoms with Gasteiger partial charge in [-0.05, 0) is 18.2 Å². The van der Waals surface area contributed by atoms with Crippen molar-refractivity contribution < 1.29 is 4.79 Å². The average Bonchev–Trinajstić information content (AvgIpc) is 2.59. The van der Waals surface area contributed by atoms with Crippen LogP contribution < -0.4 is 10.9 Å². The zero-order valence-corrected chi connectivity index (χ0v) is 14.2. The van der Waals surface area contributed by atoms with Gasteiger partial charge in [0.05, 0.1) is 11.9 Å². The van der Waals surface area contributed by atoms with E-state index in [4.69, 9.17) is 23.2 Å². The van der Waals surface area contributed by atoms with Gasteiger partial charge in [-0.1, -0.05) is 47.5 Å². The average molecular weight is 362 g/mol. The summed E-state index contributed by atoms with van der Waals surface area (Å²) in [5, 5.41) is 8.55. The van der Waals surface area contributed by atoms with E-state index in [9.17, 15) is 9.59 Å². The molecule has 0 saturated carbocycles. The summed E-state index contributed by atoms with van der Waals surface area (Å²) in [5.41, 5.74) is 0.443. The first-order chi connectivity index (χ1) is 11.5. The molecule has 122 valence electrons. The molecule has 1 amide bonds. The molecular formula is C17H13Cl2N3O2. The predicted molar refractivity (Wildman–Crippen MR) is 95.0 cm³/mol. The number of carbonyl (C=O) groups is 1. The fourth-order valence-corrected chi connectivity index (χ4v) is 2.98. The third kappa shape index (κ3) is 2.88. The van der Waals surface area contributed by atoms with Gasteiger partial charge < -0.3 is 5.32 Å². The normalized spacial score (nSPS) is 10.8. The maximum Gasteiger partial charge on any atom is 0.274 e. The molecule has 1 heterocycles. The number of halogens is 2. The van der Waals surface area contributed by atoms with Crippen LogP contribution in [0.15, 0.2) is 47.3 Å². The summed E-state index contributed by atoms with van der Waals surface area (Å²) in [7, 11) is 1.51. The highest BCUT2D eigenvalue weighted by Gasteiger charge is 2.17. The summed E-state index contributed by atoms with van der Waals surface area (Å²) in [5.74, 6) is -0.370. The van der Waals surface area contributed by atoms with Crippen molar-refractivity contribution >= 4 is 39.9 Å². The Labute approximate surface area is 147 Å². The maximum atomic E-state index is 12.7. The smallest absolute Gasteiger partial charge is 0.274 e. The maximum absolute atomic E-state index is 12.7. The van der Waals surface area contributed by atoms with E-state index in [1.807, 2.05) is 0 Å². The lowest BCUT2D eigenvalue weighted by Crippen LogP contribution is -2.29. The molecular weight excluding hydrogens is 349 g/mol. The number of nitrogens with zero attached hydrogens (tertiary/aromatic N) is 2. The van der Waals surface area contributed by atoms with Gasteiger partial charge in [0.2, 0.25) is 0 Å². The number of benzene rings is 2. The van der Waals surface area contributed by atoms with E-state index in [-0.39, 0.29) is 23.7 Å².